The lowest BCUT2D eigenvalue weighted by Gasteiger charge is -2.39. The molecule has 0 fully saturated rings. The maximum Gasteiger partial charge on any atom is -0.0335 e. The Kier molecular flexibility index (Phi) is 6.55. The molecule has 0 bridgehead atoms. The van der Waals surface area contributed by atoms with Crippen LogP contribution in [0.3, 0.4) is 0 Å². The van der Waals surface area contributed by atoms with E-state index in [9.17, 15) is 0 Å². The minimum absolute atomic E-state index is 0.472. The van der Waals surface area contributed by atoms with Crippen LogP contribution in [0.5, 0.6) is 0 Å². The van der Waals surface area contributed by atoms with Crippen LogP contribution in [-0.4, -0.2) is 0 Å². The predicted molar refractivity (Wildman–Crippen MR) is 71.1 cm³/mol. The van der Waals surface area contributed by atoms with Crippen LogP contribution in [0.2, 0.25) is 0 Å². The molecule has 0 aliphatic carbocycles. The Morgan fingerprint density at radius 3 is 1.60 bits per heavy atom. The van der Waals surface area contributed by atoms with E-state index in [1.807, 2.05) is 0 Å². The Morgan fingerprint density at radius 1 is 0.867 bits per heavy atom. The van der Waals surface area contributed by atoms with E-state index in [0.29, 0.717) is 5.41 Å². The van der Waals surface area contributed by atoms with Crippen molar-refractivity contribution >= 4 is 0 Å². The zero-order valence-corrected chi connectivity index (χ0v) is 12.1. The Morgan fingerprint density at radius 2 is 1.33 bits per heavy atom. The molecule has 0 radical (unpaired) electrons. The maximum atomic E-state index is 2.42. The first-order chi connectivity index (χ1) is 6.84. The molecule has 0 heteroatoms. The van der Waals surface area contributed by atoms with Crippen molar-refractivity contribution in [2.45, 2.75) is 74.1 Å². The van der Waals surface area contributed by atoms with Crippen molar-refractivity contribution in [3.8, 4) is 0 Å². The lowest BCUT2D eigenvalue weighted by Crippen LogP contribution is -2.31. The van der Waals surface area contributed by atoms with Gasteiger partial charge >= 0.3 is 0 Å². The van der Waals surface area contributed by atoms with Gasteiger partial charge in [-0.05, 0) is 29.6 Å². The van der Waals surface area contributed by atoms with Crippen molar-refractivity contribution in [2.75, 3.05) is 0 Å². The molecule has 92 valence electrons. The summed E-state index contributed by atoms with van der Waals surface area (Å²) in [5, 5.41) is 0. The molecule has 0 spiro atoms. The molecule has 0 nitrogen and oxygen atoms in total. The fourth-order valence-corrected chi connectivity index (χ4v) is 2.93. The van der Waals surface area contributed by atoms with Crippen molar-refractivity contribution in [1.82, 2.24) is 0 Å². The standard InChI is InChI=1S/C15H32/c1-8-10-13(12(3)4)14(11-9-2)15(5,6)7/h12-14H,8-11H2,1-7H3. The van der Waals surface area contributed by atoms with Gasteiger partial charge in [-0.2, -0.15) is 0 Å². The highest BCUT2D eigenvalue weighted by Gasteiger charge is 2.32. The average molecular weight is 212 g/mol. The fraction of sp³-hybridized carbons (Fsp3) is 1.00. The summed E-state index contributed by atoms with van der Waals surface area (Å²) < 4.78 is 0. The molecule has 0 aromatic heterocycles. The number of rotatable bonds is 6. The highest BCUT2D eigenvalue weighted by molar-refractivity contribution is 4.81. The van der Waals surface area contributed by atoms with Gasteiger partial charge in [-0.15, -0.1) is 0 Å². The largest absolute Gasteiger partial charge is 0.0654 e. The van der Waals surface area contributed by atoms with E-state index in [1.165, 1.54) is 25.7 Å². The van der Waals surface area contributed by atoms with Gasteiger partial charge in [-0.1, -0.05) is 67.7 Å². The normalized spacial score (nSPS) is 16.8. The molecule has 0 heterocycles. The monoisotopic (exact) mass is 212 g/mol. The first-order valence-corrected chi connectivity index (χ1v) is 6.84. The van der Waals surface area contributed by atoms with Crippen LogP contribution in [0.15, 0.2) is 0 Å². The predicted octanol–water partition coefficient (Wildman–Crippen LogP) is 5.52. The number of hydrogen-bond donors (Lipinski definition) is 0. The maximum absolute atomic E-state index is 2.42. The molecule has 0 aliphatic rings. The molecule has 0 rings (SSSR count). The summed E-state index contributed by atoms with van der Waals surface area (Å²) in [5.74, 6) is 2.64. The summed E-state index contributed by atoms with van der Waals surface area (Å²) in [4.78, 5) is 0. The van der Waals surface area contributed by atoms with Gasteiger partial charge in [0.25, 0.3) is 0 Å². The summed E-state index contributed by atoms with van der Waals surface area (Å²) in [7, 11) is 0. The summed E-state index contributed by atoms with van der Waals surface area (Å²) in [6.45, 7) is 16.7. The van der Waals surface area contributed by atoms with E-state index in [1.54, 1.807) is 0 Å². The molecule has 15 heavy (non-hydrogen) atoms. The van der Waals surface area contributed by atoms with Crippen LogP contribution in [0.1, 0.15) is 74.1 Å². The fourth-order valence-electron chi connectivity index (χ4n) is 2.93. The van der Waals surface area contributed by atoms with Crippen molar-refractivity contribution in [1.29, 1.82) is 0 Å². The van der Waals surface area contributed by atoms with Crippen LogP contribution in [0.4, 0.5) is 0 Å². The molecule has 0 aromatic carbocycles. The molecule has 0 saturated heterocycles. The van der Waals surface area contributed by atoms with Gasteiger partial charge < -0.3 is 0 Å². The van der Waals surface area contributed by atoms with Gasteiger partial charge in [0.15, 0.2) is 0 Å². The molecule has 2 atom stereocenters. The second kappa shape index (κ2) is 6.55. The smallest absolute Gasteiger partial charge is 0.0335 e. The van der Waals surface area contributed by atoms with E-state index in [0.717, 1.165) is 17.8 Å². The first kappa shape index (κ1) is 15.0. The first-order valence-electron chi connectivity index (χ1n) is 6.84. The lowest BCUT2D eigenvalue weighted by atomic mass is 9.66. The van der Waals surface area contributed by atoms with Crippen LogP contribution in [0.25, 0.3) is 0 Å². The molecule has 2 unspecified atom stereocenters. The molecular weight excluding hydrogens is 180 g/mol. The van der Waals surface area contributed by atoms with Crippen LogP contribution < -0.4 is 0 Å². The zero-order chi connectivity index (χ0) is 12.1. The Balaban J connectivity index is 4.67. The zero-order valence-electron chi connectivity index (χ0n) is 12.1. The SMILES string of the molecule is CCCC(C(C)C)C(CCC)C(C)(C)C. The van der Waals surface area contributed by atoms with Crippen LogP contribution in [-0.2, 0) is 0 Å². The van der Waals surface area contributed by atoms with Crippen molar-refractivity contribution in [2.24, 2.45) is 23.2 Å². The van der Waals surface area contributed by atoms with Crippen LogP contribution in [0, 0.1) is 23.2 Å². The number of hydrogen-bond acceptors (Lipinski definition) is 0. The molecule has 0 saturated carbocycles. The molecule has 0 N–H and O–H groups in total. The highest BCUT2D eigenvalue weighted by Crippen LogP contribution is 2.41. The van der Waals surface area contributed by atoms with E-state index < -0.39 is 0 Å². The third kappa shape index (κ3) is 5.04. The van der Waals surface area contributed by atoms with Gasteiger partial charge in [-0.3, -0.25) is 0 Å². The van der Waals surface area contributed by atoms with E-state index in [4.69, 9.17) is 0 Å². The molecule has 0 aliphatic heterocycles. The summed E-state index contributed by atoms with van der Waals surface area (Å²) in [6, 6.07) is 0. The Labute approximate surface area is 97.8 Å². The third-order valence-corrected chi connectivity index (χ3v) is 3.71. The second-order valence-electron chi connectivity index (χ2n) is 6.46. The topological polar surface area (TPSA) is 0 Å². The quantitative estimate of drug-likeness (QED) is 0.543. The van der Waals surface area contributed by atoms with Crippen molar-refractivity contribution in [3.63, 3.8) is 0 Å². The van der Waals surface area contributed by atoms with Gasteiger partial charge in [0.2, 0.25) is 0 Å². The summed E-state index contributed by atoms with van der Waals surface area (Å²) in [6.07, 6.45) is 5.46. The second-order valence-corrected chi connectivity index (χ2v) is 6.46. The van der Waals surface area contributed by atoms with E-state index in [-0.39, 0.29) is 0 Å². The van der Waals surface area contributed by atoms with Gasteiger partial charge in [-0.25, -0.2) is 0 Å². The molecule has 0 aromatic rings. The lowest BCUT2D eigenvalue weighted by molar-refractivity contribution is 0.103. The van der Waals surface area contributed by atoms with Gasteiger partial charge in [0.1, 0.15) is 0 Å². The van der Waals surface area contributed by atoms with Crippen molar-refractivity contribution < 1.29 is 0 Å². The minimum atomic E-state index is 0.472. The summed E-state index contributed by atoms with van der Waals surface area (Å²) >= 11 is 0. The Hall–Kier alpha value is 0. The summed E-state index contributed by atoms with van der Waals surface area (Å²) in [5.41, 5.74) is 0.472. The van der Waals surface area contributed by atoms with Crippen LogP contribution >= 0.6 is 0 Å². The van der Waals surface area contributed by atoms with E-state index in [2.05, 4.69) is 48.5 Å². The van der Waals surface area contributed by atoms with Gasteiger partial charge in [0, 0.05) is 0 Å². The Bertz CT molecular complexity index is 150. The highest BCUT2D eigenvalue weighted by atomic mass is 14.4. The van der Waals surface area contributed by atoms with Crippen molar-refractivity contribution in [3.05, 3.63) is 0 Å². The molecular formula is C15H32. The molecule has 0 amide bonds. The third-order valence-electron chi connectivity index (χ3n) is 3.71. The average Bonchev–Trinajstić information content (AvgIpc) is 2.09. The van der Waals surface area contributed by atoms with E-state index >= 15 is 0 Å². The van der Waals surface area contributed by atoms with Gasteiger partial charge in [0.05, 0.1) is 0 Å². The minimum Gasteiger partial charge on any atom is -0.0654 e.